The lowest BCUT2D eigenvalue weighted by Crippen LogP contribution is -2.11. The van der Waals surface area contributed by atoms with E-state index in [2.05, 4.69) is 39.8 Å². The molecule has 2 aromatic rings. The van der Waals surface area contributed by atoms with Crippen molar-refractivity contribution in [2.45, 2.75) is 39.7 Å². The monoisotopic (exact) mass is 269 g/mol. The van der Waals surface area contributed by atoms with Crippen molar-refractivity contribution in [3.8, 4) is 11.5 Å². The average molecular weight is 269 g/mol. The number of rotatable bonds is 3. The number of benzene rings is 2. The van der Waals surface area contributed by atoms with Crippen LogP contribution in [0.5, 0.6) is 11.5 Å². The quantitative estimate of drug-likeness (QED) is 0.887. The molecule has 0 radical (unpaired) electrons. The van der Waals surface area contributed by atoms with Crippen LogP contribution in [0.15, 0.2) is 42.5 Å². The lowest BCUT2D eigenvalue weighted by Gasteiger charge is -2.20. The van der Waals surface area contributed by atoms with Gasteiger partial charge in [0.05, 0.1) is 0 Å². The third-order valence-corrected chi connectivity index (χ3v) is 3.43. The summed E-state index contributed by atoms with van der Waals surface area (Å²) in [7, 11) is 0. The van der Waals surface area contributed by atoms with Gasteiger partial charge in [-0.15, -0.1) is 0 Å². The molecule has 0 bridgehead atoms. The zero-order chi connectivity index (χ0) is 14.8. The molecule has 2 rings (SSSR count). The maximum absolute atomic E-state index is 5.94. The summed E-state index contributed by atoms with van der Waals surface area (Å²) in [6, 6.07) is 14.3. The molecule has 0 amide bonds. The smallest absolute Gasteiger partial charge is 0.130 e. The highest BCUT2D eigenvalue weighted by Gasteiger charge is 2.14. The number of hydrogen-bond donors (Lipinski definition) is 1. The molecule has 2 nitrogen and oxygen atoms in total. The average Bonchev–Trinajstić information content (AvgIpc) is 2.41. The predicted octanol–water partition coefficient (Wildman–Crippen LogP) is 4.54. The topological polar surface area (TPSA) is 35.2 Å². The van der Waals surface area contributed by atoms with Crippen LogP contribution in [0.1, 0.15) is 37.5 Å². The number of ether oxygens (including phenoxy) is 1. The molecule has 2 aromatic carbocycles. The van der Waals surface area contributed by atoms with Gasteiger partial charge in [-0.05, 0) is 47.2 Å². The SMILES string of the molecule is Cc1cc(C(C)(C)C)ccc1Oc1ccc(CN)cc1. The Morgan fingerprint density at radius 1 is 1.00 bits per heavy atom. The number of aryl methyl sites for hydroxylation is 1. The van der Waals surface area contributed by atoms with Crippen molar-refractivity contribution in [3.63, 3.8) is 0 Å². The summed E-state index contributed by atoms with van der Waals surface area (Å²) >= 11 is 0. The van der Waals surface area contributed by atoms with E-state index in [0.717, 1.165) is 22.6 Å². The standard InChI is InChI=1S/C18H23NO/c1-13-11-15(18(2,3)4)7-10-17(13)20-16-8-5-14(12-19)6-9-16/h5-11H,12,19H2,1-4H3. The van der Waals surface area contributed by atoms with E-state index >= 15 is 0 Å². The molecule has 0 spiro atoms. The van der Waals surface area contributed by atoms with Crippen molar-refractivity contribution in [1.82, 2.24) is 0 Å². The molecule has 0 saturated carbocycles. The van der Waals surface area contributed by atoms with Crippen LogP contribution in [0.4, 0.5) is 0 Å². The van der Waals surface area contributed by atoms with Gasteiger partial charge in [0.15, 0.2) is 0 Å². The van der Waals surface area contributed by atoms with Gasteiger partial charge in [-0.2, -0.15) is 0 Å². The Morgan fingerprint density at radius 3 is 2.15 bits per heavy atom. The van der Waals surface area contributed by atoms with E-state index in [1.807, 2.05) is 30.3 Å². The molecular weight excluding hydrogens is 246 g/mol. The summed E-state index contributed by atoms with van der Waals surface area (Å²) in [5.41, 5.74) is 9.33. The Morgan fingerprint density at radius 2 is 1.65 bits per heavy atom. The van der Waals surface area contributed by atoms with Crippen LogP contribution in [-0.4, -0.2) is 0 Å². The van der Waals surface area contributed by atoms with Gasteiger partial charge in [0.2, 0.25) is 0 Å². The second-order valence-electron chi connectivity index (χ2n) is 6.18. The fourth-order valence-electron chi connectivity index (χ4n) is 2.05. The molecule has 0 atom stereocenters. The van der Waals surface area contributed by atoms with Gasteiger partial charge in [0, 0.05) is 6.54 Å². The minimum atomic E-state index is 0.159. The fourth-order valence-corrected chi connectivity index (χ4v) is 2.05. The Kier molecular flexibility index (Phi) is 4.15. The van der Waals surface area contributed by atoms with E-state index in [-0.39, 0.29) is 5.41 Å². The zero-order valence-electron chi connectivity index (χ0n) is 12.7. The van der Waals surface area contributed by atoms with Gasteiger partial charge in [0.1, 0.15) is 11.5 Å². The van der Waals surface area contributed by atoms with Crippen LogP contribution in [-0.2, 0) is 12.0 Å². The Balaban J connectivity index is 2.21. The first-order valence-electron chi connectivity index (χ1n) is 6.98. The normalized spacial score (nSPS) is 11.4. The minimum Gasteiger partial charge on any atom is -0.457 e. The van der Waals surface area contributed by atoms with Crippen molar-refractivity contribution >= 4 is 0 Å². The first-order chi connectivity index (χ1) is 9.40. The largest absolute Gasteiger partial charge is 0.457 e. The van der Waals surface area contributed by atoms with Crippen molar-refractivity contribution in [2.24, 2.45) is 5.73 Å². The summed E-state index contributed by atoms with van der Waals surface area (Å²) in [4.78, 5) is 0. The molecule has 2 heteroatoms. The van der Waals surface area contributed by atoms with Gasteiger partial charge in [-0.1, -0.05) is 45.0 Å². The van der Waals surface area contributed by atoms with Crippen LogP contribution in [0.3, 0.4) is 0 Å². The van der Waals surface area contributed by atoms with Gasteiger partial charge in [-0.25, -0.2) is 0 Å². The Hall–Kier alpha value is -1.80. The minimum absolute atomic E-state index is 0.159. The zero-order valence-corrected chi connectivity index (χ0v) is 12.7. The molecule has 0 aliphatic rings. The molecule has 0 fully saturated rings. The third-order valence-electron chi connectivity index (χ3n) is 3.43. The van der Waals surface area contributed by atoms with Crippen LogP contribution < -0.4 is 10.5 Å². The lowest BCUT2D eigenvalue weighted by atomic mass is 9.86. The molecule has 106 valence electrons. The van der Waals surface area contributed by atoms with E-state index in [0.29, 0.717) is 6.54 Å². The van der Waals surface area contributed by atoms with Crippen molar-refractivity contribution in [3.05, 3.63) is 59.2 Å². The molecule has 0 aliphatic carbocycles. The molecule has 0 saturated heterocycles. The third kappa shape index (κ3) is 3.40. The molecule has 0 unspecified atom stereocenters. The highest BCUT2D eigenvalue weighted by atomic mass is 16.5. The first kappa shape index (κ1) is 14.6. The summed E-state index contributed by atoms with van der Waals surface area (Å²) < 4.78 is 5.94. The maximum Gasteiger partial charge on any atom is 0.130 e. The molecule has 0 aromatic heterocycles. The van der Waals surface area contributed by atoms with E-state index < -0.39 is 0 Å². The molecule has 0 heterocycles. The van der Waals surface area contributed by atoms with Crippen LogP contribution >= 0.6 is 0 Å². The van der Waals surface area contributed by atoms with Crippen LogP contribution in [0.2, 0.25) is 0 Å². The van der Waals surface area contributed by atoms with Gasteiger partial charge >= 0.3 is 0 Å². The number of hydrogen-bond acceptors (Lipinski definition) is 2. The van der Waals surface area contributed by atoms with Crippen molar-refractivity contribution in [1.29, 1.82) is 0 Å². The fraction of sp³-hybridized carbons (Fsp3) is 0.333. The Bertz CT molecular complexity index is 579. The maximum atomic E-state index is 5.94. The van der Waals surface area contributed by atoms with E-state index in [9.17, 15) is 0 Å². The second kappa shape index (κ2) is 5.68. The summed E-state index contributed by atoms with van der Waals surface area (Å²) in [6.45, 7) is 9.29. The summed E-state index contributed by atoms with van der Waals surface area (Å²) in [5, 5.41) is 0. The van der Waals surface area contributed by atoms with Crippen LogP contribution in [0.25, 0.3) is 0 Å². The first-order valence-corrected chi connectivity index (χ1v) is 6.98. The van der Waals surface area contributed by atoms with E-state index in [1.165, 1.54) is 5.56 Å². The molecule has 0 aliphatic heterocycles. The van der Waals surface area contributed by atoms with E-state index in [4.69, 9.17) is 10.5 Å². The van der Waals surface area contributed by atoms with Crippen molar-refractivity contribution < 1.29 is 4.74 Å². The Labute approximate surface area is 121 Å². The van der Waals surface area contributed by atoms with Crippen molar-refractivity contribution in [2.75, 3.05) is 0 Å². The molecular formula is C18H23NO. The predicted molar refractivity (Wildman–Crippen MR) is 84.3 cm³/mol. The van der Waals surface area contributed by atoms with Gasteiger partial charge in [-0.3, -0.25) is 0 Å². The van der Waals surface area contributed by atoms with Gasteiger partial charge in [0.25, 0.3) is 0 Å². The number of nitrogens with two attached hydrogens (primary N) is 1. The summed E-state index contributed by atoms with van der Waals surface area (Å²) in [5.74, 6) is 1.74. The van der Waals surface area contributed by atoms with E-state index in [1.54, 1.807) is 0 Å². The molecule has 2 N–H and O–H groups in total. The highest BCUT2D eigenvalue weighted by molar-refractivity contribution is 5.41. The summed E-state index contributed by atoms with van der Waals surface area (Å²) in [6.07, 6.45) is 0. The highest BCUT2D eigenvalue weighted by Crippen LogP contribution is 2.30. The van der Waals surface area contributed by atoms with Crippen LogP contribution in [0, 0.1) is 6.92 Å². The second-order valence-corrected chi connectivity index (χ2v) is 6.18. The lowest BCUT2D eigenvalue weighted by molar-refractivity contribution is 0.477. The van der Waals surface area contributed by atoms with Gasteiger partial charge < -0.3 is 10.5 Å². The molecule has 20 heavy (non-hydrogen) atoms.